The molecule has 0 aliphatic carbocycles. The van der Waals surface area contributed by atoms with E-state index < -0.39 is 11.7 Å². The Morgan fingerprint density at radius 3 is 2.42 bits per heavy atom. The van der Waals surface area contributed by atoms with E-state index in [4.69, 9.17) is 0 Å². The topological polar surface area (TPSA) is 119 Å². The van der Waals surface area contributed by atoms with E-state index in [0.29, 0.717) is 29.1 Å². The van der Waals surface area contributed by atoms with E-state index in [1.165, 1.54) is 25.1 Å². The van der Waals surface area contributed by atoms with E-state index >= 15 is 0 Å². The molecular weight excluding hydrogens is 471 g/mol. The highest BCUT2D eigenvalue weighted by Crippen LogP contribution is 2.32. The third kappa shape index (κ3) is 7.28. The average Bonchev–Trinajstić information content (AvgIpc) is 2.90. The Kier molecular flexibility index (Phi) is 9.83. The van der Waals surface area contributed by atoms with Gasteiger partial charge in [-0.2, -0.15) is 13.2 Å². The van der Waals surface area contributed by atoms with Crippen LogP contribution in [0.25, 0.3) is 0 Å². The van der Waals surface area contributed by atoms with Crippen molar-refractivity contribution in [3.63, 3.8) is 0 Å². The van der Waals surface area contributed by atoms with Crippen LogP contribution >= 0.6 is 0 Å². The van der Waals surface area contributed by atoms with Crippen LogP contribution in [0.2, 0.25) is 0 Å². The molecule has 1 fully saturated rings. The van der Waals surface area contributed by atoms with Crippen LogP contribution in [-0.4, -0.2) is 46.4 Å². The van der Waals surface area contributed by atoms with Gasteiger partial charge >= 0.3 is 6.18 Å². The third-order valence-electron chi connectivity index (χ3n) is 5.93. The van der Waals surface area contributed by atoms with Gasteiger partial charge in [-0.3, -0.25) is 0 Å². The molecule has 0 unspecified atom stereocenters. The number of carbonyl (C=O) groups excluding carboxylic acids is 1. The minimum absolute atomic E-state index is 0.0104. The zero-order chi connectivity index (χ0) is 26.0. The molecule has 192 valence electrons. The van der Waals surface area contributed by atoms with Crippen molar-refractivity contribution >= 4 is 17.9 Å². The number of aryl methyl sites for hydroxylation is 2. The number of rotatable bonds is 8. The first-order valence-corrected chi connectivity index (χ1v) is 11.7. The minimum Gasteiger partial charge on any atom is -0.333 e. The number of aldehydes is 1. The molecular formula is C25H30F3N7O. The average molecular weight is 502 g/mol. The fourth-order valence-electron chi connectivity index (χ4n) is 4.13. The number of nitrogens with zero attached hydrogens (tertiary/aromatic N) is 4. The minimum atomic E-state index is -4.58. The molecule has 2 aromatic heterocycles. The highest BCUT2D eigenvalue weighted by atomic mass is 19.4. The predicted octanol–water partition coefficient (Wildman–Crippen LogP) is 3.60. The first kappa shape index (κ1) is 27.2. The Balaban J connectivity index is 0.00000176. The van der Waals surface area contributed by atoms with Crippen molar-refractivity contribution < 1.29 is 18.0 Å². The van der Waals surface area contributed by atoms with Gasteiger partial charge in [-0.05, 0) is 75.0 Å². The summed E-state index contributed by atoms with van der Waals surface area (Å²) in [5.41, 5.74) is 6.55. The van der Waals surface area contributed by atoms with Gasteiger partial charge < -0.3 is 21.2 Å². The van der Waals surface area contributed by atoms with Crippen molar-refractivity contribution in [2.24, 2.45) is 5.73 Å². The Bertz CT molecular complexity index is 1120. The molecule has 0 amide bonds. The first-order valence-electron chi connectivity index (χ1n) is 11.7. The zero-order valence-electron chi connectivity index (χ0n) is 20.1. The van der Waals surface area contributed by atoms with Crippen molar-refractivity contribution in [2.75, 3.05) is 25.5 Å². The van der Waals surface area contributed by atoms with Crippen LogP contribution in [0.15, 0.2) is 43.0 Å². The smallest absolute Gasteiger partial charge is 0.333 e. The van der Waals surface area contributed by atoms with Crippen LogP contribution in [0.5, 0.6) is 0 Å². The molecule has 4 rings (SSSR count). The molecule has 0 radical (unpaired) electrons. The number of benzene rings is 1. The molecule has 1 saturated heterocycles. The van der Waals surface area contributed by atoms with E-state index in [9.17, 15) is 18.0 Å². The second-order valence-corrected chi connectivity index (χ2v) is 8.19. The fourth-order valence-corrected chi connectivity index (χ4v) is 4.13. The Morgan fingerprint density at radius 2 is 1.75 bits per heavy atom. The Morgan fingerprint density at radius 1 is 1.06 bits per heavy atom. The molecule has 36 heavy (non-hydrogen) atoms. The molecule has 4 N–H and O–H groups in total. The SMILES string of the molecule is CN.O=CCc1cncnc1CCc1nc(Nc2ccc(C3CCNCC3)cc2)ncc1C(F)(F)F. The third-order valence-corrected chi connectivity index (χ3v) is 5.93. The molecule has 0 saturated carbocycles. The van der Waals surface area contributed by atoms with Gasteiger partial charge in [-0.15, -0.1) is 0 Å². The molecule has 3 aromatic rings. The lowest BCUT2D eigenvalue weighted by molar-refractivity contribution is -0.138. The summed E-state index contributed by atoms with van der Waals surface area (Å²) in [6.45, 7) is 2.00. The molecule has 0 bridgehead atoms. The summed E-state index contributed by atoms with van der Waals surface area (Å²) < 4.78 is 40.7. The lowest BCUT2D eigenvalue weighted by Crippen LogP contribution is -2.26. The van der Waals surface area contributed by atoms with Crippen molar-refractivity contribution in [1.82, 2.24) is 25.3 Å². The monoisotopic (exact) mass is 501 g/mol. The van der Waals surface area contributed by atoms with Gasteiger partial charge in [-0.25, -0.2) is 19.9 Å². The number of nitrogens with one attached hydrogen (secondary N) is 2. The summed E-state index contributed by atoms with van der Waals surface area (Å²) in [6.07, 6.45) is 2.20. The maximum absolute atomic E-state index is 13.6. The number of hydrogen-bond acceptors (Lipinski definition) is 8. The van der Waals surface area contributed by atoms with Gasteiger partial charge in [0.1, 0.15) is 12.6 Å². The number of aromatic nitrogens is 4. The second-order valence-electron chi connectivity index (χ2n) is 8.19. The Labute approximate surface area is 208 Å². The van der Waals surface area contributed by atoms with Crippen molar-refractivity contribution in [3.8, 4) is 0 Å². The number of hydrogen-bond donors (Lipinski definition) is 3. The van der Waals surface area contributed by atoms with Crippen LogP contribution < -0.4 is 16.4 Å². The predicted molar refractivity (Wildman–Crippen MR) is 131 cm³/mol. The van der Waals surface area contributed by atoms with E-state index in [-0.39, 0.29) is 30.9 Å². The molecule has 1 aromatic carbocycles. The number of piperidine rings is 1. The molecule has 0 atom stereocenters. The number of anilines is 2. The second kappa shape index (κ2) is 13.0. The standard InChI is InChI=1S/C24H25F3N6O.CH5N/c25-24(26,27)20-14-30-23(32-19-3-1-16(2-4-19)17-7-10-28-11-8-17)33-22(20)6-5-21-18(9-12-34)13-29-15-31-21;1-2/h1-4,12-15,17,28H,5-11H2,(H,30,32,33);2H2,1H3. The van der Waals surface area contributed by atoms with Gasteiger partial charge in [0.2, 0.25) is 5.95 Å². The van der Waals surface area contributed by atoms with Crippen LogP contribution in [0.1, 0.15) is 46.8 Å². The van der Waals surface area contributed by atoms with Crippen LogP contribution in [-0.2, 0) is 30.2 Å². The Hall–Kier alpha value is -3.44. The fraction of sp³-hybridized carbons (Fsp3) is 0.400. The summed E-state index contributed by atoms with van der Waals surface area (Å²) in [4.78, 5) is 27.0. The lowest BCUT2D eigenvalue weighted by Gasteiger charge is -2.23. The summed E-state index contributed by atoms with van der Waals surface area (Å²) in [5, 5.41) is 6.36. The summed E-state index contributed by atoms with van der Waals surface area (Å²) in [5.74, 6) is 0.601. The van der Waals surface area contributed by atoms with E-state index in [1.54, 1.807) is 0 Å². The maximum atomic E-state index is 13.6. The maximum Gasteiger partial charge on any atom is 0.419 e. The molecule has 0 spiro atoms. The lowest BCUT2D eigenvalue weighted by atomic mass is 9.90. The molecule has 1 aliphatic heterocycles. The van der Waals surface area contributed by atoms with Crippen LogP contribution in [0.4, 0.5) is 24.8 Å². The van der Waals surface area contributed by atoms with E-state index in [1.807, 2.05) is 24.3 Å². The normalized spacial score (nSPS) is 14.0. The highest BCUT2D eigenvalue weighted by Gasteiger charge is 2.35. The van der Waals surface area contributed by atoms with Gasteiger partial charge in [-0.1, -0.05) is 12.1 Å². The summed E-state index contributed by atoms with van der Waals surface area (Å²) in [6, 6.07) is 7.86. The quantitative estimate of drug-likeness (QED) is 0.401. The number of alkyl halides is 3. The molecule has 11 heteroatoms. The van der Waals surface area contributed by atoms with Crippen LogP contribution in [0.3, 0.4) is 0 Å². The van der Waals surface area contributed by atoms with Gasteiger partial charge in [0.05, 0.1) is 11.3 Å². The summed E-state index contributed by atoms with van der Waals surface area (Å²) >= 11 is 0. The van der Waals surface area contributed by atoms with E-state index in [2.05, 4.69) is 36.3 Å². The number of nitrogens with two attached hydrogens (primary N) is 1. The van der Waals surface area contributed by atoms with Crippen molar-refractivity contribution in [2.45, 2.75) is 44.2 Å². The van der Waals surface area contributed by atoms with E-state index in [0.717, 1.165) is 32.1 Å². The van der Waals surface area contributed by atoms with Gasteiger partial charge in [0, 0.05) is 30.2 Å². The zero-order valence-corrected chi connectivity index (χ0v) is 20.1. The number of carbonyl (C=O) groups is 1. The van der Waals surface area contributed by atoms with Crippen molar-refractivity contribution in [1.29, 1.82) is 0 Å². The largest absolute Gasteiger partial charge is 0.419 e. The molecule has 3 heterocycles. The summed E-state index contributed by atoms with van der Waals surface area (Å²) in [7, 11) is 1.50. The van der Waals surface area contributed by atoms with Crippen molar-refractivity contribution in [3.05, 3.63) is 71.1 Å². The van der Waals surface area contributed by atoms with Gasteiger partial charge in [0.15, 0.2) is 0 Å². The highest BCUT2D eigenvalue weighted by molar-refractivity contribution is 5.55. The number of halogens is 3. The molecule has 8 nitrogen and oxygen atoms in total. The van der Waals surface area contributed by atoms with Gasteiger partial charge in [0.25, 0.3) is 0 Å². The van der Waals surface area contributed by atoms with Crippen LogP contribution in [0, 0.1) is 0 Å². The first-order chi connectivity index (χ1) is 17.4. The molecule has 1 aliphatic rings.